The summed E-state index contributed by atoms with van der Waals surface area (Å²) < 4.78 is 0. The van der Waals surface area contributed by atoms with Gasteiger partial charge in [-0.2, -0.15) is 0 Å². The first kappa shape index (κ1) is 9.15. The van der Waals surface area contributed by atoms with Crippen molar-refractivity contribution in [2.75, 3.05) is 24.5 Å². The van der Waals surface area contributed by atoms with Gasteiger partial charge in [0.2, 0.25) is 5.91 Å². The maximum Gasteiger partial charge on any atom is 0.242 e. The number of amides is 1. The zero-order valence-electron chi connectivity index (χ0n) is 8.16. The minimum absolute atomic E-state index is 0.0904. The zero-order chi connectivity index (χ0) is 9.97. The molecule has 1 aromatic rings. The van der Waals surface area contributed by atoms with Crippen LogP contribution in [0.2, 0.25) is 0 Å². The highest BCUT2D eigenvalue weighted by molar-refractivity contribution is 5.94. The van der Waals surface area contributed by atoms with Gasteiger partial charge in [-0.3, -0.25) is 9.69 Å². The van der Waals surface area contributed by atoms with Gasteiger partial charge in [0.15, 0.2) is 0 Å². The van der Waals surface area contributed by atoms with Gasteiger partial charge in [-0.15, -0.1) is 0 Å². The third-order valence-corrected chi connectivity index (χ3v) is 2.26. The van der Waals surface area contributed by atoms with Crippen molar-refractivity contribution < 1.29 is 4.79 Å². The Morgan fingerprint density at radius 1 is 1.50 bits per heavy atom. The molecule has 0 aliphatic carbocycles. The number of hydrogen-bond acceptors (Lipinski definition) is 3. The first-order valence-corrected chi connectivity index (χ1v) is 4.71. The van der Waals surface area contributed by atoms with Gasteiger partial charge in [-0.25, -0.2) is 4.98 Å². The molecule has 1 amide bonds. The number of carbonyl (C=O) groups excluding carboxylic acids is 1. The fourth-order valence-electron chi connectivity index (χ4n) is 1.47. The van der Waals surface area contributed by atoms with Crippen molar-refractivity contribution in [2.24, 2.45) is 0 Å². The Hall–Kier alpha value is -1.42. The third kappa shape index (κ3) is 1.75. The van der Waals surface area contributed by atoms with Crippen molar-refractivity contribution >= 4 is 11.7 Å². The normalized spacial score (nSPS) is 17.2. The van der Waals surface area contributed by atoms with Crippen molar-refractivity contribution in [3.8, 4) is 0 Å². The number of carbonyl (C=O) groups is 1. The summed E-state index contributed by atoms with van der Waals surface area (Å²) in [6, 6.07) is 3.86. The Morgan fingerprint density at radius 2 is 2.36 bits per heavy atom. The predicted octanol–water partition coefficient (Wildman–Crippen LogP) is 0.326. The Labute approximate surface area is 82.9 Å². The Kier molecular flexibility index (Phi) is 2.45. The average Bonchev–Trinajstić information content (AvgIpc) is 2.20. The highest BCUT2D eigenvalue weighted by Crippen LogP contribution is 2.11. The Balaban J connectivity index is 2.20. The largest absolute Gasteiger partial charge is 0.307 e. The zero-order valence-corrected chi connectivity index (χ0v) is 8.16. The number of rotatable bonds is 1. The van der Waals surface area contributed by atoms with Gasteiger partial charge in [-0.1, -0.05) is 6.07 Å². The minimum atomic E-state index is 0.0904. The van der Waals surface area contributed by atoms with Crippen molar-refractivity contribution in [3.05, 3.63) is 23.9 Å². The van der Waals surface area contributed by atoms with E-state index in [-0.39, 0.29) is 5.91 Å². The molecule has 14 heavy (non-hydrogen) atoms. The summed E-state index contributed by atoms with van der Waals surface area (Å²) in [5.41, 5.74) is 1.11. The number of aromatic nitrogens is 1. The van der Waals surface area contributed by atoms with Gasteiger partial charge in [0.1, 0.15) is 5.82 Å². The molecule has 1 fully saturated rings. The molecule has 1 aliphatic heterocycles. The van der Waals surface area contributed by atoms with Gasteiger partial charge in [0, 0.05) is 19.3 Å². The van der Waals surface area contributed by atoms with Crippen LogP contribution in [0.4, 0.5) is 5.82 Å². The summed E-state index contributed by atoms with van der Waals surface area (Å²) in [5.74, 6) is 0.842. The van der Waals surface area contributed by atoms with Crippen LogP contribution in [0.3, 0.4) is 0 Å². The van der Waals surface area contributed by atoms with Gasteiger partial charge in [0.25, 0.3) is 0 Å². The van der Waals surface area contributed by atoms with Crippen LogP contribution in [-0.2, 0) is 4.79 Å². The molecule has 1 aromatic heterocycles. The molecule has 1 saturated heterocycles. The SMILES string of the molecule is Cc1ccc(N2CCNCC2=O)nc1. The molecule has 1 aliphatic rings. The summed E-state index contributed by atoms with van der Waals surface area (Å²) in [4.78, 5) is 17.5. The standard InChI is InChI=1S/C10H13N3O/c1-8-2-3-9(12-6-8)13-5-4-11-7-10(13)14/h2-3,6,11H,4-5,7H2,1H3. The number of nitrogens with zero attached hydrogens (tertiary/aromatic N) is 2. The highest BCUT2D eigenvalue weighted by atomic mass is 16.2. The molecule has 2 rings (SSSR count). The average molecular weight is 191 g/mol. The molecule has 0 bridgehead atoms. The molecular weight excluding hydrogens is 178 g/mol. The fourth-order valence-corrected chi connectivity index (χ4v) is 1.47. The first-order chi connectivity index (χ1) is 6.77. The molecule has 0 saturated carbocycles. The molecule has 4 heteroatoms. The van der Waals surface area contributed by atoms with Crippen molar-refractivity contribution in [3.63, 3.8) is 0 Å². The van der Waals surface area contributed by atoms with E-state index >= 15 is 0 Å². The summed E-state index contributed by atoms with van der Waals surface area (Å²) >= 11 is 0. The predicted molar refractivity (Wildman–Crippen MR) is 54.2 cm³/mol. The van der Waals surface area contributed by atoms with E-state index in [2.05, 4.69) is 10.3 Å². The molecule has 0 unspecified atom stereocenters. The van der Waals surface area contributed by atoms with E-state index in [0.717, 1.165) is 17.9 Å². The van der Waals surface area contributed by atoms with Crippen molar-refractivity contribution in [1.29, 1.82) is 0 Å². The molecular formula is C10H13N3O. The lowest BCUT2D eigenvalue weighted by Gasteiger charge is -2.26. The second-order valence-electron chi connectivity index (χ2n) is 3.42. The molecule has 0 radical (unpaired) electrons. The van der Waals surface area contributed by atoms with Crippen molar-refractivity contribution in [1.82, 2.24) is 10.3 Å². The van der Waals surface area contributed by atoms with E-state index in [9.17, 15) is 4.79 Å². The van der Waals surface area contributed by atoms with Gasteiger partial charge in [0.05, 0.1) is 6.54 Å². The summed E-state index contributed by atoms with van der Waals surface area (Å²) in [5, 5.41) is 3.03. The topological polar surface area (TPSA) is 45.2 Å². The molecule has 0 spiro atoms. The van der Waals surface area contributed by atoms with Crippen LogP contribution in [-0.4, -0.2) is 30.5 Å². The summed E-state index contributed by atoms with van der Waals surface area (Å²) in [7, 11) is 0. The van der Waals surface area contributed by atoms with Crippen LogP contribution in [0, 0.1) is 6.92 Å². The number of anilines is 1. The van der Waals surface area contributed by atoms with Crippen LogP contribution in [0.1, 0.15) is 5.56 Å². The van der Waals surface area contributed by atoms with Gasteiger partial charge < -0.3 is 5.32 Å². The molecule has 1 N–H and O–H groups in total. The molecule has 0 atom stereocenters. The Bertz CT molecular complexity index is 334. The number of aryl methyl sites for hydroxylation is 1. The van der Waals surface area contributed by atoms with Crippen LogP contribution in [0.15, 0.2) is 18.3 Å². The van der Waals surface area contributed by atoms with E-state index in [0.29, 0.717) is 13.1 Å². The smallest absolute Gasteiger partial charge is 0.242 e. The second kappa shape index (κ2) is 3.75. The lowest BCUT2D eigenvalue weighted by Crippen LogP contribution is -2.48. The van der Waals surface area contributed by atoms with E-state index in [1.54, 1.807) is 11.1 Å². The summed E-state index contributed by atoms with van der Waals surface area (Å²) in [6.07, 6.45) is 1.78. The molecule has 4 nitrogen and oxygen atoms in total. The lowest BCUT2D eigenvalue weighted by molar-refractivity contribution is -0.118. The number of nitrogens with one attached hydrogen (secondary N) is 1. The van der Waals surface area contributed by atoms with Crippen LogP contribution in [0.25, 0.3) is 0 Å². The van der Waals surface area contributed by atoms with E-state index < -0.39 is 0 Å². The molecule has 2 heterocycles. The van der Waals surface area contributed by atoms with Gasteiger partial charge in [-0.05, 0) is 18.6 Å². The van der Waals surface area contributed by atoms with E-state index in [4.69, 9.17) is 0 Å². The second-order valence-corrected chi connectivity index (χ2v) is 3.42. The highest BCUT2D eigenvalue weighted by Gasteiger charge is 2.19. The van der Waals surface area contributed by atoms with Crippen LogP contribution < -0.4 is 10.2 Å². The fraction of sp³-hybridized carbons (Fsp3) is 0.400. The molecule has 74 valence electrons. The van der Waals surface area contributed by atoms with E-state index in [1.165, 1.54) is 0 Å². The van der Waals surface area contributed by atoms with Crippen LogP contribution >= 0.6 is 0 Å². The third-order valence-electron chi connectivity index (χ3n) is 2.26. The minimum Gasteiger partial charge on any atom is -0.307 e. The number of hydrogen-bond donors (Lipinski definition) is 1. The first-order valence-electron chi connectivity index (χ1n) is 4.71. The number of piperazine rings is 1. The van der Waals surface area contributed by atoms with Crippen LogP contribution in [0.5, 0.6) is 0 Å². The monoisotopic (exact) mass is 191 g/mol. The van der Waals surface area contributed by atoms with Crippen molar-refractivity contribution in [2.45, 2.75) is 6.92 Å². The maximum atomic E-state index is 11.5. The van der Waals surface area contributed by atoms with Gasteiger partial charge >= 0.3 is 0 Å². The van der Waals surface area contributed by atoms with E-state index in [1.807, 2.05) is 19.1 Å². The number of pyridine rings is 1. The quantitative estimate of drug-likeness (QED) is 0.695. The maximum absolute atomic E-state index is 11.5. The Morgan fingerprint density at radius 3 is 3.00 bits per heavy atom. The molecule has 0 aromatic carbocycles. The lowest BCUT2D eigenvalue weighted by atomic mass is 10.3. The summed E-state index contributed by atoms with van der Waals surface area (Å²) in [6.45, 7) is 3.93.